The fourth-order valence-electron chi connectivity index (χ4n) is 1.67. The van der Waals surface area contributed by atoms with Gasteiger partial charge in [0.25, 0.3) is 0 Å². The van der Waals surface area contributed by atoms with Crippen LogP contribution in [0.3, 0.4) is 0 Å². The third-order valence-electron chi connectivity index (χ3n) is 3.66. The zero-order valence-electron chi connectivity index (χ0n) is 12.0. The van der Waals surface area contributed by atoms with Crippen LogP contribution in [0.4, 0.5) is 0 Å². The lowest BCUT2D eigenvalue weighted by atomic mass is 9.92. The van der Waals surface area contributed by atoms with Crippen LogP contribution in [0.2, 0.25) is 0 Å². The van der Waals surface area contributed by atoms with Gasteiger partial charge in [0.1, 0.15) is 0 Å². The summed E-state index contributed by atoms with van der Waals surface area (Å²) >= 11 is 0. The number of rotatable bonds is 6. The molecule has 0 heterocycles. The molecule has 0 fully saturated rings. The van der Waals surface area contributed by atoms with Crippen molar-refractivity contribution in [3.63, 3.8) is 0 Å². The maximum absolute atomic E-state index is 3.81. The third kappa shape index (κ3) is 5.34. The van der Waals surface area contributed by atoms with Crippen LogP contribution >= 0.6 is 0 Å². The van der Waals surface area contributed by atoms with E-state index in [1.165, 1.54) is 24.0 Å². The van der Waals surface area contributed by atoms with Gasteiger partial charge in [-0.1, -0.05) is 35.3 Å². The van der Waals surface area contributed by atoms with E-state index in [0.717, 1.165) is 6.42 Å². The molecule has 0 saturated heterocycles. The Balaban J connectivity index is 4.43. The second-order valence-corrected chi connectivity index (χ2v) is 5.17. The maximum Gasteiger partial charge on any atom is -0.0197 e. The molecule has 1 unspecified atom stereocenters. The molecule has 0 heteroatoms. The van der Waals surface area contributed by atoms with E-state index < -0.39 is 0 Å². The van der Waals surface area contributed by atoms with Crippen LogP contribution in [0.25, 0.3) is 0 Å². The number of allylic oxidation sites excluding steroid dienone is 5. The predicted molar refractivity (Wildman–Crippen MR) is 75.6 cm³/mol. The standard InChI is InChI=1S/C16H28/c1-8-9-14(5)16(7)15(6)11-10-13(4)12(2)3/h8,14H,1,9-11H2,2-7H3. The minimum atomic E-state index is 0.643. The highest BCUT2D eigenvalue weighted by Crippen LogP contribution is 2.23. The highest BCUT2D eigenvalue weighted by Gasteiger charge is 2.06. The van der Waals surface area contributed by atoms with Gasteiger partial charge in [0.2, 0.25) is 0 Å². The first kappa shape index (κ1) is 15.2. The molecular formula is C16H28. The van der Waals surface area contributed by atoms with E-state index in [0.29, 0.717) is 5.92 Å². The van der Waals surface area contributed by atoms with Gasteiger partial charge in [-0.05, 0) is 59.8 Å². The number of hydrogen-bond acceptors (Lipinski definition) is 0. The lowest BCUT2D eigenvalue weighted by Gasteiger charge is -2.14. The first-order chi connectivity index (χ1) is 7.40. The summed E-state index contributed by atoms with van der Waals surface area (Å²) in [5.74, 6) is 0.643. The Hall–Kier alpha value is -0.780. The average Bonchev–Trinajstić information content (AvgIpc) is 2.24. The highest BCUT2D eigenvalue weighted by atomic mass is 14.1. The molecular weight excluding hydrogens is 192 g/mol. The molecule has 1 atom stereocenters. The molecule has 0 spiro atoms. The molecule has 0 nitrogen and oxygen atoms in total. The lowest BCUT2D eigenvalue weighted by molar-refractivity contribution is 0.677. The summed E-state index contributed by atoms with van der Waals surface area (Å²) < 4.78 is 0. The molecule has 0 radical (unpaired) electrons. The molecule has 0 rings (SSSR count). The monoisotopic (exact) mass is 220 g/mol. The van der Waals surface area contributed by atoms with Crippen LogP contribution in [0.5, 0.6) is 0 Å². The van der Waals surface area contributed by atoms with Crippen LogP contribution in [0.15, 0.2) is 34.9 Å². The van der Waals surface area contributed by atoms with Gasteiger partial charge in [0.15, 0.2) is 0 Å². The molecule has 0 aromatic rings. The van der Waals surface area contributed by atoms with Gasteiger partial charge in [0, 0.05) is 0 Å². The van der Waals surface area contributed by atoms with E-state index in [4.69, 9.17) is 0 Å². The van der Waals surface area contributed by atoms with Crippen molar-refractivity contribution < 1.29 is 0 Å². The van der Waals surface area contributed by atoms with Crippen molar-refractivity contribution in [1.82, 2.24) is 0 Å². The molecule has 16 heavy (non-hydrogen) atoms. The molecule has 0 amide bonds. The first-order valence-corrected chi connectivity index (χ1v) is 6.30. The Labute approximate surface area is 102 Å². The second-order valence-electron chi connectivity index (χ2n) is 5.17. The smallest absolute Gasteiger partial charge is 0.0197 e. The molecule has 0 aromatic carbocycles. The molecule has 0 N–H and O–H groups in total. The molecule has 0 bridgehead atoms. The Morgan fingerprint density at radius 3 is 1.94 bits per heavy atom. The van der Waals surface area contributed by atoms with Crippen LogP contribution in [-0.4, -0.2) is 0 Å². The van der Waals surface area contributed by atoms with Crippen LogP contribution in [-0.2, 0) is 0 Å². The van der Waals surface area contributed by atoms with E-state index >= 15 is 0 Å². The van der Waals surface area contributed by atoms with E-state index in [1.807, 2.05) is 6.08 Å². The van der Waals surface area contributed by atoms with Crippen LogP contribution in [0.1, 0.15) is 60.8 Å². The van der Waals surface area contributed by atoms with E-state index in [2.05, 4.69) is 48.1 Å². The first-order valence-electron chi connectivity index (χ1n) is 6.30. The van der Waals surface area contributed by atoms with Crippen molar-refractivity contribution in [2.45, 2.75) is 60.8 Å². The van der Waals surface area contributed by atoms with E-state index in [-0.39, 0.29) is 0 Å². The third-order valence-corrected chi connectivity index (χ3v) is 3.66. The molecule has 0 saturated carbocycles. The SMILES string of the molecule is C=CCC(C)C(C)=C(C)CCC(C)=C(C)C. The van der Waals surface area contributed by atoms with Gasteiger partial charge >= 0.3 is 0 Å². The van der Waals surface area contributed by atoms with Gasteiger partial charge in [0.05, 0.1) is 0 Å². The molecule has 0 aliphatic carbocycles. The minimum Gasteiger partial charge on any atom is -0.103 e. The van der Waals surface area contributed by atoms with Gasteiger partial charge in [-0.25, -0.2) is 0 Å². The van der Waals surface area contributed by atoms with Crippen LogP contribution in [0, 0.1) is 5.92 Å². The zero-order valence-corrected chi connectivity index (χ0v) is 12.0. The maximum atomic E-state index is 3.81. The molecule has 0 aromatic heterocycles. The Morgan fingerprint density at radius 2 is 1.50 bits per heavy atom. The van der Waals surface area contributed by atoms with Gasteiger partial charge in [-0.15, -0.1) is 6.58 Å². The summed E-state index contributed by atoms with van der Waals surface area (Å²) in [6, 6.07) is 0. The quantitative estimate of drug-likeness (QED) is 0.506. The average molecular weight is 220 g/mol. The summed E-state index contributed by atoms with van der Waals surface area (Å²) in [5, 5.41) is 0. The number of hydrogen-bond donors (Lipinski definition) is 0. The summed E-state index contributed by atoms with van der Waals surface area (Å²) in [6.07, 6.45) is 5.50. The van der Waals surface area contributed by atoms with Crippen molar-refractivity contribution >= 4 is 0 Å². The van der Waals surface area contributed by atoms with Crippen LogP contribution < -0.4 is 0 Å². The summed E-state index contributed by atoms with van der Waals surface area (Å²) in [6.45, 7) is 17.3. The highest BCUT2D eigenvalue weighted by molar-refractivity contribution is 5.16. The normalized spacial score (nSPS) is 14.1. The summed E-state index contributed by atoms with van der Waals surface area (Å²) in [4.78, 5) is 0. The fourth-order valence-corrected chi connectivity index (χ4v) is 1.67. The Bertz CT molecular complexity index is 285. The second kappa shape index (κ2) is 7.49. The van der Waals surface area contributed by atoms with Crippen molar-refractivity contribution in [1.29, 1.82) is 0 Å². The van der Waals surface area contributed by atoms with Crippen molar-refractivity contribution in [2.75, 3.05) is 0 Å². The van der Waals surface area contributed by atoms with E-state index in [1.54, 1.807) is 11.1 Å². The minimum absolute atomic E-state index is 0.643. The summed E-state index contributed by atoms with van der Waals surface area (Å²) in [7, 11) is 0. The predicted octanol–water partition coefficient (Wildman–Crippen LogP) is 5.67. The lowest BCUT2D eigenvalue weighted by Crippen LogP contribution is -1.98. The zero-order chi connectivity index (χ0) is 12.7. The van der Waals surface area contributed by atoms with Crippen molar-refractivity contribution in [3.05, 3.63) is 34.9 Å². The molecule has 0 aliphatic heterocycles. The van der Waals surface area contributed by atoms with E-state index in [9.17, 15) is 0 Å². The molecule has 0 aliphatic rings. The largest absolute Gasteiger partial charge is 0.103 e. The van der Waals surface area contributed by atoms with Gasteiger partial charge < -0.3 is 0 Å². The van der Waals surface area contributed by atoms with Gasteiger partial charge in [-0.3, -0.25) is 0 Å². The fraction of sp³-hybridized carbons (Fsp3) is 0.625. The molecule has 92 valence electrons. The summed E-state index contributed by atoms with van der Waals surface area (Å²) in [5.41, 5.74) is 6.09. The Kier molecular flexibility index (Phi) is 7.12. The topological polar surface area (TPSA) is 0 Å². The Morgan fingerprint density at radius 1 is 1.00 bits per heavy atom. The van der Waals surface area contributed by atoms with Gasteiger partial charge in [-0.2, -0.15) is 0 Å². The van der Waals surface area contributed by atoms with Crippen molar-refractivity contribution in [2.24, 2.45) is 5.92 Å². The van der Waals surface area contributed by atoms with Crippen molar-refractivity contribution in [3.8, 4) is 0 Å².